The third kappa shape index (κ3) is 6.40. The third-order valence-electron chi connectivity index (χ3n) is 3.72. The molecule has 1 unspecified atom stereocenters. The summed E-state index contributed by atoms with van der Waals surface area (Å²) in [5, 5.41) is 2.68. The van der Waals surface area contributed by atoms with E-state index in [0.717, 1.165) is 11.1 Å². The smallest absolute Gasteiger partial charge is 0.422 e. The molecule has 3 N–H and O–H groups in total. The lowest BCUT2D eigenvalue weighted by Crippen LogP contribution is -2.27. The second-order valence-corrected chi connectivity index (χ2v) is 6.01. The van der Waals surface area contributed by atoms with Crippen LogP contribution in [0.25, 0.3) is 0 Å². The van der Waals surface area contributed by atoms with E-state index in [1.807, 2.05) is 30.3 Å². The number of nitrogens with one attached hydrogen (secondary N) is 1. The molecule has 2 aromatic carbocycles. The number of hydrogen-bond acceptors (Lipinski definition) is 3. The molecule has 1 amide bonds. The molecule has 0 saturated carbocycles. The van der Waals surface area contributed by atoms with E-state index >= 15 is 0 Å². The van der Waals surface area contributed by atoms with Crippen LogP contribution in [0.15, 0.2) is 48.5 Å². The topological polar surface area (TPSA) is 64.4 Å². The summed E-state index contributed by atoms with van der Waals surface area (Å²) in [6.45, 7) is 0.436. The summed E-state index contributed by atoms with van der Waals surface area (Å²) >= 11 is 0. The van der Waals surface area contributed by atoms with Crippen molar-refractivity contribution in [1.82, 2.24) is 5.32 Å². The molecule has 4 nitrogen and oxygen atoms in total. The molecule has 7 heteroatoms. The van der Waals surface area contributed by atoms with Crippen molar-refractivity contribution in [3.8, 4) is 5.75 Å². The monoisotopic (exact) mass is 366 g/mol. The molecule has 0 aromatic heterocycles. The average molecular weight is 366 g/mol. The summed E-state index contributed by atoms with van der Waals surface area (Å²) < 4.78 is 42.0. The van der Waals surface area contributed by atoms with E-state index < -0.39 is 18.8 Å². The predicted molar refractivity (Wildman–Crippen MR) is 92.6 cm³/mol. The molecule has 0 saturated heterocycles. The van der Waals surface area contributed by atoms with Crippen LogP contribution in [-0.4, -0.2) is 18.7 Å². The van der Waals surface area contributed by atoms with Gasteiger partial charge in [0.05, 0.1) is 0 Å². The number of amides is 1. The van der Waals surface area contributed by atoms with Crippen LogP contribution in [0.5, 0.6) is 5.75 Å². The van der Waals surface area contributed by atoms with E-state index in [9.17, 15) is 18.0 Å². The molecule has 0 heterocycles. The third-order valence-corrected chi connectivity index (χ3v) is 3.72. The summed E-state index contributed by atoms with van der Waals surface area (Å²) in [4.78, 5) is 12.1. The van der Waals surface area contributed by atoms with E-state index in [0.29, 0.717) is 5.56 Å². The van der Waals surface area contributed by atoms with Crippen LogP contribution >= 0.6 is 0 Å². The summed E-state index contributed by atoms with van der Waals surface area (Å²) in [7, 11) is 0. The van der Waals surface area contributed by atoms with Gasteiger partial charge in [-0.2, -0.15) is 13.2 Å². The number of nitrogens with two attached hydrogens (primary N) is 1. The number of ether oxygens (including phenoxy) is 1. The van der Waals surface area contributed by atoms with Crippen molar-refractivity contribution in [3.05, 3.63) is 65.2 Å². The summed E-state index contributed by atoms with van der Waals surface area (Å²) in [5.74, 6) is -0.182. The molecule has 1 atom stereocenters. The Hall–Kier alpha value is -2.54. The highest BCUT2D eigenvalue weighted by Crippen LogP contribution is 2.24. The van der Waals surface area contributed by atoms with Crippen LogP contribution in [0, 0.1) is 6.92 Å². The number of benzene rings is 2. The highest BCUT2D eigenvalue weighted by Gasteiger charge is 2.28. The molecule has 0 aliphatic heterocycles. The Balaban J connectivity index is 1.94. The van der Waals surface area contributed by atoms with Crippen molar-refractivity contribution in [1.29, 1.82) is 0 Å². The summed E-state index contributed by atoms with van der Waals surface area (Å²) in [6, 6.07) is 13.7. The first-order valence-corrected chi connectivity index (χ1v) is 8.11. The number of carbonyl (C=O) groups is 1. The Morgan fingerprint density at radius 3 is 2.54 bits per heavy atom. The van der Waals surface area contributed by atoms with Crippen molar-refractivity contribution < 1.29 is 22.7 Å². The Bertz CT molecular complexity index is 733. The summed E-state index contributed by atoms with van der Waals surface area (Å²) in [6.07, 6.45) is -4.35. The van der Waals surface area contributed by atoms with Gasteiger partial charge in [-0.3, -0.25) is 4.79 Å². The van der Waals surface area contributed by atoms with Gasteiger partial charge in [-0.1, -0.05) is 42.5 Å². The lowest BCUT2D eigenvalue weighted by atomic mass is 10.0. The predicted octanol–water partition coefficient (Wildman–Crippen LogP) is 3.64. The lowest BCUT2D eigenvalue weighted by Gasteiger charge is -2.15. The zero-order valence-corrected chi connectivity index (χ0v) is 14.3. The number of aryl methyl sites for hydroxylation is 1. The molecule has 2 aromatic rings. The first kappa shape index (κ1) is 19.8. The largest absolute Gasteiger partial charge is 0.484 e. The second kappa shape index (κ2) is 8.71. The first-order chi connectivity index (χ1) is 12.2. The van der Waals surface area contributed by atoms with Gasteiger partial charge in [0.25, 0.3) is 0 Å². The minimum absolute atomic E-state index is 0.0633. The molecule has 0 bridgehead atoms. The fraction of sp³-hybridized carbons (Fsp3) is 0.316. The molecule has 0 spiro atoms. The van der Waals surface area contributed by atoms with Crippen LogP contribution < -0.4 is 15.8 Å². The zero-order valence-electron chi connectivity index (χ0n) is 14.3. The Morgan fingerprint density at radius 1 is 1.19 bits per heavy atom. The van der Waals surface area contributed by atoms with Gasteiger partial charge in [-0.05, 0) is 24.1 Å². The van der Waals surface area contributed by atoms with E-state index in [4.69, 9.17) is 10.5 Å². The minimum Gasteiger partial charge on any atom is -0.484 e. The maximum atomic E-state index is 12.4. The van der Waals surface area contributed by atoms with Crippen molar-refractivity contribution in [2.24, 2.45) is 5.73 Å². The average Bonchev–Trinajstić information content (AvgIpc) is 2.59. The Labute approximate surface area is 150 Å². The highest BCUT2D eigenvalue weighted by atomic mass is 19.4. The van der Waals surface area contributed by atoms with Crippen molar-refractivity contribution in [3.63, 3.8) is 0 Å². The van der Waals surface area contributed by atoms with Gasteiger partial charge < -0.3 is 15.8 Å². The van der Waals surface area contributed by atoms with Crippen molar-refractivity contribution in [2.75, 3.05) is 6.61 Å². The maximum absolute atomic E-state index is 12.4. The zero-order chi connectivity index (χ0) is 19.2. The quantitative estimate of drug-likeness (QED) is 0.786. The Kier molecular flexibility index (Phi) is 6.63. The number of hydrogen-bond donors (Lipinski definition) is 2. The molecule has 2 rings (SSSR count). The molecule has 0 radical (unpaired) electrons. The van der Waals surface area contributed by atoms with Crippen LogP contribution in [0.2, 0.25) is 0 Å². The summed E-state index contributed by atoms with van der Waals surface area (Å²) in [5.41, 5.74) is 8.08. The molecule has 140 valence electrons. The van der Waals surface area contributed by atoms with Gasteiger partial charge >= 0.3 is 6.18 Å². The van der Waals surface area contributed by atoms with Crippen molar-refractivity contribution >= 4 is 5.91 Å². The van der Waals surface area contributed by atoms with E-state index in [1.165, 1.54) is 6.07 Å². The van der Waals surface area contributed by atoms with E-state index in [-0.39, 0.29) is 24.6 Å². The SMILES string of the molecule is Cc1ccc(CNC(=O)CC(N)c2ccccc2)c(OCC(F)(F)F)c1. The number of halogens is 3. The molecule has 26 heavy (non-hydrogen) atoms. The van der Waals surface area contributed by atoms with Crippen LogP contribution in [-0.2, 0) is 11.3 Å². The molecule has 0 aliphatic rings. The van der Waals surface area contributed by atoms with E-state index in [1.54, 1.807) is 19.1 Å². The normalized spacial score (nSPS) is 12.5. The van der Waals surface area contributed by atoms with Gasteiger partial charge in [0.15, 0.2) is 6.61 Å². The van der Waals surface area contributed by atoms with Crippen molar-refractivity contribution in [2.45, 2.75) is 32.1 Å². The van der Waals surface area contributed by atoms with Crippen LogP contribution in [0.4, 0.5) is 13.2 Å². The highest BCUT2D eigenvalue weighted by molar-refractivity contribution is 5.76. The van der Waals surface area contributed by atoms with E-state index in [2.05, 4.69) is 5.32 Å². The van der Waals surface area contributed by atoms with Gasteiger partial charge in [0.2, 0.25) is 5.91 Å². The van der Waals surface area contributed by atoms with Gasteiger partial charge in [0.1, 0.15) is 5.75 Å². The maximum Gasteiger partial charge on any atom is 0.422 e. The van der Waals surface area contributed by atoms with Crippen LogP contribution in [0.1, 0.15) is 29.2 Å². The van der Waals surface area contributed by atoms with Gasteiger partial charge in [0, 0.05) is 24.6 Å². The second-order valence-electron chi connectivity index (χ2n) is 6.01. The number of rotatable bonds is 7. The fourth-order valence-corrected chi connectivity index (χ4v) is 2.39. The standard InChI is InChI=1S/C19H21F3N2O2/c1-13-7-8-15(17(9-13)26-12-19(20,21)22)11-24-18(25)10-16(23)14-5-3-2-4-6-14/h2-9,16H,10-12,23H2,1H3,(H,24,25). The Morgan fingerprint density at radius 2 is 1.88 bits per heavy atom. The fourth-order valence-electron chi connectivity index (χ4n) is 2.39. The number of alkyl halides is 3. The van der Waals surface area contributed by atoms with Crippen LogP contribution in [0.3, 0.4) is 0 Å². The number of carbonyl (C=O) groups excluding carboxylic acids is 1. The van der Waals surface area contributed by atoms with Gasteiger partial charge in [-0.15, -0.1) is 0 Å². The first-order valence-electron chi connectivity index (χ1n) is 8.11. The molecule has 0 aliphatic carbocycles. The lowest BCUT2D eigenvalue weighted by molar-refractivity contribution is -0.153. The molecule has 0 fully saturated rings. The minimum atomic E-state index is -4.42. The molecular formula is C19H21F3N2O2. The van der Waals surface area contributed by atoms with Gasteiger partial charge in [-0.25, -0.2) is 0 Å². The molecular weight excluding hydrogens is 345 g/mol.